The predicted octanol–water partition coefficient (Wildman–Crippen LogP) is 4.17. The molecule has 0 aliphatic rings. The summed E-state index contributed by atoms with van der Waals surface area (Å²) in [7, 11) is 0. The molecule has 0 fully saturated rings. The Balaban J connectivity index is 2.09. The molecule has 0 saturated heterocycles. The first-order valence-electron chi connectivity index (χ1n) is 6.69. The maximum absolute atomic E-state index is 13.1. The van der Waals surface area contributed by atoms with Crippen molar-refractivity contribution in [2.75, 3.05) is 5.32 Å². The van der Waals surface area contributed by atoms with Crippen LogP contribution in [0.1, 0.15) is 19.4 Å². The SMILES string of the molecule is CC(C)(Cc1ccccc1)C(=O)Nc1ccc(F)c(F)c1. The van der Waals surface area contributed by atoms with E-state index in [0.717, 1.165) is 17.7 Å². The first-order chi connectivity index (χ1) is 9.88. The van der Waals surface area contributed by atoms with Gasteiger partial charge in [-0.05, 0) is 24.1 Å². The maximum Gasteiger partial charge on any atom is 0.230 e. The zero-order chi connectivity index (χ0) is 15.5. The van der Waals surface area contributed by atoms with Crippen molar-refractivity contribution in [3.05, 3.63) is 65.7 Å². The van der Waals surface area contributed by atoms with Crippen LogP contribution in [0.5, 0.6) is 0 Å². The van der Waals surface area contributed by atoms with Gasteiger partial charge in [-0.25, -0.2) is 8.78 Å². The second-order valence-corrected chi connectivity index (χ2v) is 5.63. The molecule has 2 nitrogen and oxygen atoms in total. The molecule has 0 bridgehead atoms. The van der Waals surface area contributed by atoms with E-state index in [1.807, 2.05) is 44.2 Å². The molecule has 2 rings (SSSR count). The highest BCUT2D eigenvalue weighted by molar-refractivity contribution is 5.94. The van der Waals surface area contributed by atoms with Crippen LogP contribution in [0.25, 0.3) is 0 Å². The number of amides is 1. The smallest absolute Gasteiger partial charge is 0.230 e. The fourth-order valence-electron chi connectivity index (χ4n) is 2.06. The number of halogens is 2. The van der Waals surface area contributed by atoms with Crippen molar-refractivity contribution in [1.29, 1.82) is 0 Å². The molecule has 0 heterocycles. The Morgan fingerprint density at radius 2 is 1.71 bits per heavy atom. The molecule has 110 valence electrons. The number of nitrogens with one attached hydrogen (secondary N) is 1. The van der Waals surface area contributed by atoms with Crippen LogP contribution in [-0.4, -0.2) is 5.91 Å². The molecule has 21 heavy (non-hydrogen) atoms. The molecule has 0 aromatic heterocycles. The summed E-state index contributed by atoms with van der Waals surface area (Å²) < 4.78 is 26.0. The van der Waals surface area contributed by atoms with Crippen LogP contribution in [0.4, 0.5) is 14.5 Å². The van der Waals surface area contributed by atoms with E-state index in [0.29, 0.717) is 6.42 Å². The van der Waals surface area contributed by atoms with Gasteiger partial charge in [0, 0.05) is 17.2 Å². The minimum absolute atomic E-state index is 0.239. The van der Waals surface area contributed by atoms with Gasteiger partial charge < -0.3 is 5.32 Å². The number of benzene rings is 2. The second-order valence-electron chi connectivity index (χ2n) is 5.63. The lowest BCUT2D eigenvalue weighted by Crippen LogP contribution is -2.32. The van der Waals surface area contributed by atoms with E-state index in [-0.39, 0.29) is 11.6 Å². The monoisotopic (exact) mass is 289 g/mol. The molecular formula is C17H17F2NO. The van der Waals surface area contributed by atoms with Gasteiger partial charge in [0.2, 0.25) is 5.91 Å². The Morgan fingerprint density at radius 3 is 2.33 bits per heavy atom. The number of carbonyl (C=O) groups excluding carboxylic acids is 1. The van der Waals surface area contributed by atoms with E-state index in [4.69, 9.17) is 0 Å². The van der Waals surface area contributed by atoms with E-state index in [9.17, 15) is 13.6 Å². The van der Waals surface area contributed by atoms with Crippen LogP contribution in [0.3, 0.4) is 0 Å². The van der Waals surface area contributed by atoms with Crippen LogP contribution in [0.15, 0.2) is 48.5 Å². The summed E-state index contributed by atoms with van der Waals surface area (Å²) in [5.74, 6) is -2.15. The molecule has 2 aromatic rings. The Kier molecular flexibility index (Phi) is 4.36. The molecule has 0 saturated carbocycles. The van der Waals surface area contributed by atoms with Gasteiger partial charge in [0.1, 0.15) is 0 Å². The van der Waals surface area contributed by atoms with Crippen LogP contribution in [-0.2, 0) is 11.2 Å². The standard InChI is InChI=1S/C17H17F2NO/c1-17(2,11-12-6-4-3-5-7-12)16(21)20-13-8-9-14(18)15(19)10-13/h3-10H,11H2,1-2H3,(H,20,21). The van der Waals surface area contributed by atoms with E-state index < -0.39 is 17.0 Å². The van der Waals surface area contributed by atoms with Crippen molar-refractivity contribution in [2.24, 2.45) is 5.41 Å². The van der Waals surface area contributed by atoms with Gasteiger partial charge in [-0.15, -0.1) is 0 Å². The summed E-state index contributed by atoms with van der Waals surface area (Å²) in [5.41, 5.74) is 0.634. The molecule has 0 spiro atoms. The lowest BCUT2D eigenvalue weighted by molar-refractivity contribution is -0.123. The fraction of sp³-hybridized carbons (Fsp3) is 0.235. The van der Waals surface area contributed by atoms with Crippen LogP contribution < -0.4 is 5.32 Å². The Morgan fingerprint density at radius 1 is 1.05 bits per heavy atom. The van der Waals surface area contributed by atoms with Crippen molar-refractivity contribution in [3.63, 3.8) is 0 Å². The third-order valence-corrected chi connectivity index (χ3v) is 3.28. The summed E-state index contributed by atoms with van der Waals surface area (Å²) in [6, 6.07) is 13.0. The van der Waals surface area contributed by atoms with Gasteiger partial charge in [-0.2, -0.15) is 0 Å². The number of hydrogen-bond donors (Lipinski definition) is 1. The second kappa shape index (κ2) is 6.04. The summed E-state index contributed by atoms with van der Waals surface area (Å²) in [5, 5.41) is 2.62. The molecule has 1 N–H and O–H groups in total. The van der Waals surface area contributed by atoms with Gasteiger partial charge in [-0.1, -0.05) is 44.2 Å². The molecular weight excluding hydrogens is 272 g/mol. The Bertz CT molecular complexity index is 638. The topological polar surface area (TPSA) is 29.1 Å². The zero-order valence-corrected chi connectivity index (χ0v) is 12.0. The largest absolute Gasteiger partial charge is 0.326 e. The Hall–Kier alpha value is -2.23. The quantitative estimate of drug-likeness (QED) is 0.899. The molecule has 0 atom stereocenters. The number of anilines is 1. The molecule has 0 aliphatic heterocycles. The highest BCUT2D eigenvalue weighted by atomic mass is 19.2. The highest BCUT2D eigenvalue weighted by Gasteiger charge is 2.28. The number of rotatable bonds is 4. The van der Waals surface area contributed by atoms with Crippen molar-refractivity contribution in [2.45, 2.75) is 20.3 Å². The average Bonchev–Trinajstić information content (AvgIpc) is 2.43. The molecule has 2 aromatic carbocycles. The minimum atomic E-state index is -0.978. The third kappa shape index (κ3) is 3.88. The fourth-order valence-corrected chi connectivity index (χ4v) is 2.06. The molecule has 0 radical (unpaired) electrons. The van der Waals surface area contributed by atoms with Gasteiger partial charge in [0.25, 0.3) is 0 Å². The normalized spacial score (nSPS) is 11.2. The lowest BCUT2D eigenvalue weighted by Gasteiger charge is -2.23. The maximum atomic E-state index is 13.1. The summed E-state index contributed by atoms with van der Waals surface area (Å²) in [4.78, 5) is 12.3. The van der Waals surface area contributed by atoms with Gasteiger partial charge in [-0.3, -0.25) is 4.79 Å². The first-order valence-corrected chi connectivity index (χ1v) is 6.69. The Labute approximate surface area is 122 Å². The van der Waals surface area contributed by atoms with Crippen LogP contribution >= 0.6 is 0 Å². The molecule has 0 aliphatic carbocycles. The van der Waals surface area contributed by atoms with E-state index in [1.165, 1.54) is 6.07 Å². The van der Waals surface area contributed by atoms with Gasteiger partial charge in [0.15, 0.2) is 11.6 Å². The zero-order valence-electron chi connectivity index (χ0n) is 12.0. The first kappa shape index (κ1) is 15.2. The van der Waals surface area contributed by atoms with Gasteiger partial charge >= 0.3 is 0 Å². The molecule has 1 amide bonds. The summed E-state index contributed by atoms with van der Waals surface area (Å²) >= 11 is 0. The van der Waals surface area contributed by atoms with Crippen molar-refractivity contribution < 1.29 is 13.6 Å². The minimum Gasteiger partial charge on any atom is -0.326 e. The summed E-state index contributed by atoms with van der Waals surface area (Å²) in [6.45, 7) is 3.63. The van der Waals surface area contributed by atoms with Gasteiger partial charge in [0.05, 0.1) is 0 Å². The lowest BCUT2D eigenvalue weighted by atomic mass is 9.84. The van der Waals surface area contributed by atoms with Crippen molar-refractivity contribution in [3.8, 4) is 0 Å². The number of carbonyl (C=O) groups is 1. The van der Waals surface area contributed by atoms with E-state index >= 15 is 0 Å². The van der Waals surface area contributed by atoms with Crippen LogP contribution in [0.2, 0.25) is 0 Å². The van der Waals surface area contributed by atoms with Crippen molar-refractivity contribution >= 4 is 11.6 Å². The van der Waals surface area contributed by atoms with E-state index in [1.54, 1.807) is 0 Å². The molecule has 4 heteroatoms. The summed E-state index contributed by atoms with van der Waals surface area (Å²) in [6.07, 6.45) is 0.559. The van der Waals surface area contributed by atoms with E-state index in [2.05, 4.69) is 5.32 Å². The third-order valence-electron chi connectivity index (χ3n) is 3.28. The van der Waals surface area contributed by atoms with Crippen LogP contribution in [0, 0.1) is 17.0 Å². The number of hydrogen-bond acceptors (Lipinski definition) is 1. The highest BCUT2D eigenvalue weighted by Crippen LogP contribution is 2.24. The average molecular weight is 289 g/mol. The molecule has 0 unspecified atom stereocenters. The predicted molar refractivity (Wildman–Crippen MR) is 78.9 cm³/mol. The van der Waals surface area contributed by atoms with Crippen molar-refractivity contribution in [1.82, 2.24) is 0 Å².